The van der Waals surface area contributed by atoms with Crippen molar-refractivity contribution in [3.05, 3.63) is 70.6 Å². The fourth-order valence-corrected chi connectivity index (χ4v) is 5.68. The van der Waals surface area contributed by atoms with E-state index in [1.54, 1.807) is 0 Å². The molecule has 0 aliphatic carbocycles. The lowest BCUT2D eigenvalue weighted by atomic mass is 10.0. The third kappa shape index (κ3) is 5.94. The van der Waals surface area contributed by atoms with Gasteiger partial charge in [-0.25, -0.2) is 4.79 Å². The van der Waals surface area contributed by atoms with Crippen LogP contribution < -0.4 is 5.32 Å². The number of esters is 1. The van der Waals surface area contributed by atoms with Gasteiger partial charge in [-0.15, -0.1) is 21.5 Å². The third-order valence-electron chi connectivity index (χ3n) is 6.00. The number of hydrogen-bond donors (Lipinski definition) is 1. The molecular weight excluding hydrogens is 504 g/mol. The first-order valence-electron chi connectivity index (χ1n) is 12.0. The molecule has 1 N–H and O–H groups in total. The van der Waals surface area contributed by atoms with Crippen LogP contribution in [0.3, 0.4) is 0 Å². The van der Waals surface area contributed by atoms with Crippen molar-refractivity contribution in [1.82, 2.24) is 14.8 Å². The van der Waals surface area contributed by atoms with Crippen molar-refractivity contribution in [2.24, 2.45) is 0 Å². The molecule has 0 saturated carbocycles. The van der Waals surface area contributed by atoms with E-state index in [9.17, 15) is 9.59 Å². The number of aryl methyl sites for hydroxylation is 1. The van der Waals surface area contributed by atoms with E-state index in [4.69, 9.17) is 4.74 Å². The van der Waals surface area contributed by atoms with Crippen LogP contribution in [0.2, 0.25) is 0 Å². The molecule has 0 bridgehead atoms. The number of thioether (sulfide) groups is 1. The number of benzene rings is 2. The van der Waals surface area contributed by atoms with Gasteiger partial charge in [-0.05, 0) is 30.9 Å². The molecule has 4 rings (SSSR count). The summed E-state index contributed by atoms with van der Waals surface area (Å²) in [5.41, 5.74) is 5.36. The Morgan fingerprint density at radius 3 is 2.35 bits per heavy atom. The molecule has 0 fully saturated rings. The van der Waals surface area contributed by atoms with Gasteiger partial charge < -0.3 is 14.6 Å². The summed E-state index contributed by atoms with van der Waals surface area (Å²) in [4.78, 5) is 25.5. The van der Waals surface area contributed by atoms with Gasteiger partial charge in [0.1, 0.15) is 10.6 Å². The lowest BCUT2D eigenvalue weighted by Gasteiger charge is -2.10. The van der Waals surface area contributed by atoms with Crippen LogP contribution >= 0.6 is 23.1 Å². The predicted molar refractivity (Wildman–Crippen MR) is 150 cm³/mol. The molecule has 9 heteroatoms. The Morgan fingerprint density at radius 1 is 1.05 bits per heavy atom. The molecule has 4 aromatic rings. The van der Waals surface area contributed by atoms with Crippen molar-refractivity contribution in [3.63, 3.8) is 0 Å². The Balaban J connectivity index is 1.49. The van der Waals surface area contributed by atoms with Crippen LogP contribution in [0.1, 0.15) is 48.2 Å². The van der Waals surface area contributed by atoms with Gasteiger partial charge in [-0.2, -0.15) is 0 Å². The maximum absolute atomic E-state index is 12.9. The van der Waals surface area contributed by atoms with Gasteiger partial charge in [0, 0.05) is 23.1 Å². The Hall–Kier alpha value is -3.43. The number of anilines is 1. The van der Waals surface area contributed by atoms with Gasteiger partial charge in [0.2, 0.25) is 5.91 Å². The molecule has 192 valence electrons. The van der Waals surface area contributed by atoms with Crippen molar-refractivity contribution in [1.29, 1.82) is 0 Å². The minimum absolute atomic E-state index is 0.128. The molecule has 2 heterocycles. The summed E-state index contributed by atoms with van der Waals surface area (Å²) in [5.74, 6) is 0.635. The smallest absolute Gasteiger partial charge is 0.341 e. The van der Waals surface area contributed by atoms with Crippen LogP contribution in [0.5, 0.6) is 0 Å². The fraction of sp³-hybridized carbons (Fsp3) is 0.286. The summed E-state index contributed by atoms with van der Waals surface area (Å²) < 4.78 is 7.02. The number of thiophene rings is 1. The number of carbonyl (C=O) groups excluding carboxylic acids is 2. The van der Waals surface area contributed by atoms with Crippen molar-refractivity contribution in [2.45, 2.75) is 45.3 Å². The highest BCUT2D eigenvalue weighted by atomic mass is 32.2. The average Bonchev–Trinajstić information content (AvgIpc) is 3.51. The third-order valence-corrected chi connectivity index (χ3v) is 7.86. The van der Waals surface area contributed by atoms with E-state index in [0.717, 1.165) is 28.1 Å². The quantitative estimate of drug-likeness (QED) is 0.191. The highest BCUT2D eigenvalue weighted by Gasteiger charge is 2.23. The van der Waals surface area contributed by atoms with Gasteiger partial charge >= 0.3 is 5.97 Å². The zero-order valence-corrected chi connectivity index (χ0v) is 23.2. The van der Waals surface area contributed by atoms with Crippen molar-refractivity contribution < 1.29 is 14.3 Å². The van der Waals surface area contributed by atoms with E-state index in [1.807, 2.05) is 48.1 Å². The summed E-state index contributed by atoms with van der Waals surface area (Å²) in [5, 5.41) is 14.6. The van der Waals surface area contributed by atoms with Gasteiger partial charge in [0.05, 0.1) is 12.9 Å². The first-order chi connectivity index (χ1) is 17.8. The number of carbonyl (C=O) groups is 2. The van der Waals surface area contributed by atoms with E-state index < -0.39 is 5.97 Å². The summed E-state index contributed by atoms with van der Waals surface area (Å²) in [6.45, 7) is 9.04. The van der Waals surface area contributed by atoms with Crippen LogP contribution in [-0.4, -0.2) is 39.5 Å². The van der Waals surface area contributed by atoms with Crippen molar-refractivity contribution >= 4 is 40.0 Å². The zero-order chi connectivity index (χ0) is 26.5. The van der Waals surface area contributed by atoms with Gasteiger partial charge in [0.25, 0.3) is 0 Å². The normalized spacial score (nSPS) is 11.1. The molecule has 0 saturated heterocycles. The Morgan fingerprint density at radius 2 is 1.73 bits per heavy atom. The molecule has 0 aliphatic rings. The summed E-state index contributed by atoms with van der Waals surface area (Å²) in [6.07, 6.45) is 0. The Kier molecular flexibility index (Phi) is 8.45. The van der Waals surface area contributed by atoms with Crippen molar-refractivity contribution in [3.8, 4) is 22.5 Å². The molecule has 0 spiro atoms. The maximum Gasteiger partial charge on any atom is 0.341 e. The maximum atomic E-state index is 12.9. The first-order valence-corrected chi connectivity index (χ1v) is 13.9. The van der Waals surface area contributed by atoms with E-state index in [1.165, 1.54) is 35.8 Å². The second-order valence-electron chi connectivity index (χ2n) is 8.88. The number of nitrogens with zero attached hydrogens (tertiary/aromatic N) is 3. The average molecular weight is 535 g/mol. The lowest BCUT2D eigenvalue weighted by Crippen LogP contribution is -2.16. The second kappa shape index (κ2) is 11.7. The van der Waals surface area contributed by atoms with Crippen LogP contribution in [-0.2, 0) is 16.1 Å². The fourth-order valence-electron chi connectivity index (χ4n) is 3.90. The molecule has 1 amide bonds. The molecule has 0 atom stereocenters. The van der Waals surface area contributed by atoms with Crippen LogP contribution in [0, 0.1) is 6.92 Å². The van der Waals surface area contributed by atoms with E-state index >= 15 is 0 Å². The summed E-state index contributed by atoms with van der Waals surface area (Å²) >= 11 is 2.62. The van der Waals surface area contributed by atoms with Crippen molar-refractivity contribution in [2.75, 3.05) is 18.2 Å². The molecule has 7 nitrogen and oxygen atoms in total. The largest absolute Gasteiger partial charge is 0.465 e. The highest BCUT2D eigenvalue weighted by Crippen LogP contribution is 2.36. The number of amides is 1. The Labute approximate surface area is 225 Å². The van der Waals surface area contributed by atoms with Gasteiger partial charge in [-0.1, -0.05) is 79.7 Å². The molecule has 0 aliphatic heterocycles. The minimum Gasteiger partial charge on any atom is -0.465 e. The number of methoxy groups -OCH3 is 1. The number of rotatable bonds is 9. The van der Waals surface area contributed by atoms with Crippen LogP contribution in [0.25, 0.3) is 22.5 Å². The van der Waals surface area contributed by atoms with Crippen LogP contribution in [0.15, 0.2) is 59.1 Å². The first kappa shape index (κ1) is 26.6. The highest BCUT2D eigenvalue weighted by molar-refractivity contribution is 7.99. The van der Waals surface area contributed by atoms with Gasteiger partial charge in [0.15, 0.2) is 11.0 Å². The predicted octanol–water partition coefficient (Wildman–Crippen LogP) is 6.64. The molecular formula is C28H30N4O3S2. The standard InChI is InChI=1S/C28H30N4O3S2/c1-6-32-25(21-13-11-19(12-14-21)17(2)3)30-31-28(32)37-16-23(33)29-26-24(27(34)35-5)22(15-36-26)20-9-7-18(4)8-10-20/h7-15,17H,6,16H2,1-5H3,(H,29,33). The molecule has 2 aromatic carbocycles. The Bertz CT molecular complexity index is 1390. The monoisotopic (exact) mass is 534 g/mol. The summed E-state index contributed by atoms with van der Waals surface area (Å²) in [7, 11) is 1.34. The number of aromatic nitrogens is 3. The number of ether oxygens (including phenoxy) is 1. The SMILES string of the molecule is CCn1c(SCC(=O)Nc2scc(-c3ccc(C)cc3)c2C(=O)OC)nnc1-c1ccc(C(C)C)cc1. The lowest BCUT2D eigenvalue weighted by molar-refractivity contribution is -0.113. The van der Waals surface area contributed by atoms with E-state index in [0.29, 0.717) is 28.2 Å². The number of hydrogen-bond acceptors (Lipinski definition) is 7. The summed E-state index contributed by atoms with van der Waals surface area (Å²) in [6, 6.07) is 16.2. The minimum atomic E-state index is -0.487. The molecule has 0 unspecified atom stereocenters. The molecule has 2 aromatic heterocycles. The van der Waals surface area contributed by atoms with E-state index in [-0.39, 0.29) is 11.7 Å². The molecule has 37 heavy (non-hydrogen) atoms. The van der Waals surface area contributed by atoms with Crippen LogP contribution in [0.4, 0.5) is 5.00 Å². The molecule has 0 radical (unpaired) electrons. The van der Waals surface area contributed by atoms with Gasteiger partial charge in [-0.3, -0.25) is 4.79 Å². The topological polar surface area (TPSA) is 86.1 Å². The second-order valence-corrected chi connectivity index (χ2v) is 10.7. The number of nitrogens with one attached hydrogen (secondary N) is 1. The zero-order valence-electron chi connectivity index (χ0n) is 21.6. The van der Waals surface area contributed by atoms with E-state index in [2.05, 4.69) is 53.6 Å².